The zero-order chi connectivity index (χ0) is 17.2. The van der Waals surface area contributed by atoms with Crippen molar-refractivity contribution in [2.24, 2.45) is 0 Å². The molecule has 3 aromatic rings. The van der Waals surface area contributed by atoms with Crippen LogP contribution in [0.5, 0.6) is 11.5 Å². The molecule has 1 amide bonds. The lowest BCUT2D eigenvalue weighted by molar-refractivity contribution is -0.137. The van der Waals surface area contributed by atoms with Gasteiger partial charge in [-0.15, -0.1) is 0 Å². The second kappa shape index (κ2) is 6.47. The average Bonchev–Trinajstić information content (AvgIpc) is 3.02. The molecule has 1 N–H and O–H groups in total. The molecule has 4 rings (SSSR count). The molecule has 1 fully saturated rings. The highest BCUT2D eigenvalue weighted by Gasteiger charge is 2.33. The first kappa shape index (κ1) is 15.5. The van der Waals surface area contributed by atoms with Crippen molar-refractivity contribution in [3.8, 4) is 11.5 Å². The summed E-state index contributed by atoms with van der Waals surface area (Å²) in [5.74, 6) is 2.61. The van der Waals surface area contributed by atoms with Gasteiger partial charge in [-0.1, -0.05) is 12.1 Å². The third kappa shape index (κ3) is 3.15. The number of H-pyrrole nitrogens is 1. The summed E-state index contributed by atoms with van der Waals surface area (Å²) in [7, 11) is 1.61. The van der Waals surface area contributed by atoms with Crippen LogP contribution in [0.4, 0.5) is 0 Å². The normalized spacial score (nSPS) is 14.4. The van der Waals surface area contributed by atoms with E-state index in [1.165, 1.54) is 0 Å². The fraction of sp³-hybridized carbons (Fsp3) is 0.263. The molecule has 0 atom stereocenters. The van der Waals surface area contributed by atoms with E-state index in [4.69, 9.17) is 9.47 Å². The number of carbonyl (C=O) groups excluding carboxylic acids is 1. The van der Waals surface area contributed by atoms with E-state index in [-0.39, 0.29) is 18.4 Å². The maximum atomic E-state index is 12.2. The summed E-state index contributed by atoms with van der Waals surface area (Å²) in [5.41, 5.74) is 2.00. The second-order valence-corrected chi connectivity index (χ2v) is 6.10. The zero-order valence-corrected chi connectivity index (χ0v) is 13.9. The topological polar surface area (TPSA) is 67.5 Å². The number of imidazole rings is 1. The molecular formula is C19H19N3O3. The van der Waals surface area contributed by atoms with Crippen LogP contribution in [0.2, 0.25) is 0 Å². The van der Waals surface area contributed by atoms with Crippen LogP contribution in [0, 0.1) is 0 Å². The van der Waals surface area contributed by atoms with Crippen LogP contribution in [0.25, 0.3) is 11.0 Å². The van der Waals surface area contributed by atoms with Gasteiger partial charge in [-0.2, -0.15) is 0 Å². The summed E-state index contributed by atoms with van der Waals surface area (Å²) < 4.78 is 10.6. The number of carbonyl (C=O) groups is 1. The maximum Gasteiger partial charge on any atom is 0.260 e. The lowest BCUT2D eigenvalue weighted by Gasteiger charge is -2.38. The number of nitrogens with one attached hydrogen (secondary N) is 1. The Hall–Kier alpha value is -3.02. The van der Waals surface area contributed by atoms with Crippen LogP contribution in [0.15, 0.2) is 48.5 Å². The molecule has 25 heavy (non-hydrogen) atoms. The molecule has 0 unspecified atom stereocenters. The quantitative estimate of drug-likeness (QED) is 0.777. The van der Waals surface area contributed by atoms with E-state index >= 15 is 0 Å². The monoisotopic (exact) mass is 337 g/mol. The van der Waals surface area contributed by atoms with Gasteiger partial charge < -0.3 is 19.4 Å². The van der Waals surface area contributed by atoms with Crippen molar-refractivity contribution in [1.29, 1.82) is 0 Å². The Morgan fingerprint density at radius 2 is 1.88 bits per heavy atom. The van der Waals surface area contributed by atoms with Crippen LogP contribution in [-0.2, 0) is 4.79 Å². The summed E-state index contributed by atoms with van der Waals surface area (Å²) in [4.78, 5) is 21.9. The Kier molecular flexibility index (Phi) is 4.01. The lowest BCUT2D eigenvalue weighted by atomic mass is 9.99. The van der Waals surface area contributed by atoms with E-state index in [1.807, 2.05) is 24.3 Å². The van der Waals surface area contributed by atoms with Crippen molar-refractivity contribution in [3.63, 3.8) is 0 Å². The smallest absolute Gasteiger partial charge is 0.260 e. The number of benzene rings is 2. The van der Waals surface area contributed by atoms with Crippen LogP contribution in [0.1, 0.15) is 11.7 Å². The molecule has 0 bridgehead atoms. The Bertz CT molecular complexity index is 849. The zero-order valence-electron chi connectivity index (χ0n) is 13.9. The predicted octanol–water partition coefficient (Wildman–Crippen LogP) is 2.58. The van der Waals surface area contributed by atoms with Crippen molar-refractivity contribution in [2.75, 3.05) is 26.8 Å². The van der Waals surface area contributed by atoms with Gasteiger partial charge in [0.1, 0.15) is 17.3 Å². The minimum Gasteiger partial charge on any atom is -0.497 e. The number of hydrogen-bond acceptors (Lipinski definition) is 4. The number of rotatable bonds is 5. The Labute approximate surface area is 145 Å². The number of amides is 1. The summed E-state index contributed by atoms with van der Waals surface area (Å²) in [6, 6.07) is 15.1. The highest BCUT2D eigenvalue weighted by molar-refractivity contribution is 5.79. The van der Waals surface area contributed by atoms with Crippen LogP contribution in [-0.4, -0.2) is 47.6 Å². The SMILES string of the molecule is COc1ccc(OCC(=O)N2CC(c3nc4ccccc4[nH]3)C2)cc1. The van der Waals surface area contributed by atoms with Gasteiger partial charge in [0, 0.05) is 13.1 Å². The van der Waals surface area contributed by atoms with E-state index < -0.39 is 0 Å². The Balaban J connectivity index is 1.30. The minimum absolute atomic E-state index is 0.0109. The number of hydrogen-bond donors (Lipinski definition) is 1. The van der Waals surface area contributed by atoms with Gasteiger partial charge in [0.2, 0.25) is 0 Å². The summed E-state index contributed by atoms with van der Waals surface area (Å²) in [5, 5.41) is 0. The van der Waals surface area contributed by atoms with Gasteiger partial charge in [-0.05, 0) is 36.4 Å². The van der Waals surface area contributed by atoms with Crippen molar-refractivity contribution in [3.05, 3.63) is 54.4 Å². The van der Waals surface area contributed by atoms with E-state index in [0.29, 0.717) is 18.8 Å². The molecule has 0 aliphatic carbocycles. The number of nitrogens with zero attached hydrogens (tertiary/aromatic N) is 2. The van der Waals surface area contributed by atoms with Crippen molar-refractivity contribution in [1.82, 2.24) is 14.9 Å². The molecule has 1 aromatic heterocycles. The molecule has 0 saturated carbocycles. The van der Waals surface area contributed by atoms with E-state index in [1.54, 1.807) is 36.3 Å². The molecule has 1 aliphatic heterocycles. The van der Waals surface area contributed by atoms with Crippen LogP contribution >= 0.6 is 0 Å². The first-order valence-corrected chi connectivity index (χ1v) is 8.22. The standard InChI is InChI=1S/C19H19N3O3/c1-24-14-6-8-15(9-7-14)25-12-18(23)22-10-13(11-22)19-20-16-4-2-3-5-17(16)21-19/h2-9,13H,10-12H2,1H3,(H,20,21). The highest BCUT2D eigenvalue weighted by Crippen LogP contribution is 2.27. The van der Waals surface area contributed by atoms with Gasteiger partial charge in [0.25, 0.3) is 5.91 Å². The molecule has 0 radical (unpaired) electrons. The van der Waals surface area contributed by atoms with Gasteiger partial charge in [0.05, 0.1) is 24.1 Å². The van der Waals surface area contributed by atoms with Crippen molar-refractivity contribution < 1.29 is 14.3 Å². The number of aromatic amines is 1. The molecular weight excluding hydrogens is 318 g/mol. The summed E-state index contributed by atoms with van der Waals surface area (Å²) in [6.07, 6.45) is 0. The fourth-order valence-corrected chi connectivity index (χ4v) is 2.93. The lowest BCUT2D eigenvalue weighted by Crippen LogP contribution is -2.50. The summed E-state index contributed by atoms with van der Waals surface area (Å²) in [6.45, 7) is 1.38. The summed E-state index contributed by atoms with van der Waals surface area (Å²) >= 11 is 0. The minimum atomic E-state index is -0.0109. The van der Waals surface area contributed by atoms with Gasteiger partial charge in [-0.25, -0.2) is 4.98 Å². The Morgan fingerprint density at radius 1 is 1.16 bits per heavy atom. The number of fused-ring (bicyclic) bond motifs is 1. The van der Waals surface area contributed by atoms with Crippen molar-refractivity contribution in [2.45, 2.75) is 5.92 Å². The number of methoxy groups -OCH3 is 1. The Morgan fingerprint density at radius 3 is 2.60 bits per heavy atom. The largest absolute Gasteiger partial charge is 0.497 e. The molecule has 2 heterocycles. The fourth-order valence-electron chi connectivity index (χ4n) is 2.93. The second-order valence-electron chi connectivity index (χ2n) is 6.10. The number of para-hydroxylation sites is 2. The third-order valence-electron chi connectivity index (χ3n) is 4.45. The van der Waals surface area contributed by atoms with Gasteiger partial charge in [0.15, 0.2) is 6.61 Å². The third-order valence-corrected chi connectivity index (χ3v) is 4.45. The molecule has 6 nitrogen and oxygen atoms in total. The average molecular weight is 337 g/mol. The molecule has 128 valence electrons. The number of likely N-dealkylation sites (tertiary alicyclic amines) is 1. The molecule has 2 aromatic carbocycles. The van der Waals surface area contributed by atoms with E-state index in [0.717, 1.165) is 22.6 Å². The molecule has 1 aliphatic rings. The maximum absolute atomic E-state index is 12.2. The predicted molar refractivity (Wildman–Crippen MR) is 93.9 cm³/mol. The molecule has 1 saturated heterocycles. The highest BCUT2D eigenvalue weighted by atomic mass is 16.5. The first-order chi connectivity index (χ1) is 12.2. The number of aromatic nitrogens is 2. The van der Waals surface area contributed by atoms with Crippen LogP contribution < -0.4 is 9.47 Å². The van der Waals surface area contributed by atoms with E-state index in [2.05, 4.69) is 9.97 Å². The van der Waals surface area contributed by atoms with Gasteiger partial charge >= 0.3 is 0 Å². The van der Waals surface area contributed by atoms with Crippen LogP contribution in [0.3, 0.4) is 0 Å². The first-order valence-electron chi connectivity index (χ1n) is 8.22. The van der Waals surface area contributed by atoms with E-state index in [9.17, 15) is 4.79 Å². The number of ether oxygens (including phenoxy) is 2. The van der Waals surface area contributed by atoms with Gasteiger partial charge in [-0.3, -0.25) is 4.79 Å². The molecule has 6 heteroatoms. The molecule has 0 spiro atoms. The van der Waals surface area contributed by atoms with Crippen molar-refractivity contribution >= 4 is 16.9 Å².